The fraction of sp³-hybridized carbons (Fsp3) is 0.353. The van der Waals surface area contributed by atoms with E-state index in [1.807, 2.05) is 24.3 Å². The third-order valence-electron chi connectivity index (χ3n) is 3.83. The van der Waals surface area contributed by atoms with E-state index in [0.717, 1.165) is 24.2 Å². The van der Waals surface area contributed by atoms with Gasteiger partial charge in [0.25, 0.3) is 0 Å². The van der Waals surface area contributed by atoms with Crippen LogP contribution in [0, 0.1) is 0 Å². The maximum absolute atomic E-state index is 11.9. The molecule has 3 rings (SSSR count). The number of rotatable bonds is 6. The Morgan fingerprint density at radius 2 is 2.04 bits per heavy atom. The number of aromatic nitrogens is 2. The van der Waals surface area contributed by atoms with Gasteiger partial charge in [-0.2, -0.15) is 0 Å². The van der Waals surface area contributed by atoms with Crippen molar-refractivity contribution in [2.24, 2.45) is 0 Å². The number of ether oxygens (including phenoxy) is 2. The normalized spacial score (nSPS) is 13.5. The van der Waals surface area contributed by atoms with Crippen molar-refractivity contribution in [2.75, 3.05) is 19.5 Å². The summed E-state index contributed by atoms with van der Waals surface area (Å²) in [6.07, 6.45) is 2.04. The van der Waals surface area contributed by atoms with E-state index in [4.69, 9.17) is 21.1 Å². The molecule has 0 saturated heterocycles. The number of hydrogen-bond donors (Lipinski definition) is 1. The monoisotopic (exact) mass is 347 g/mol. The molecule has 1 aliphatic carbocycles. The maximum Gasteiger partial charge on any atom is 0.358 e. The highest BCUT2D eigenvalue weighted by atomic mass is 35.5. The van der Waals surface area contributed by atoms with E-state index in [9.17, 15) is 4.79 Å². The van der Waals surface area contributed by atoms with E-state index < -0.39 is 5.97 Å². The molecule has 24 heavy (non-hydrogen) atoms. The molecule has 0 amide bonds. The van der Waals surface area contributed by atoms with Crippen molar-refractivity contribution in [2.45, 2.75) is 25.3 Å². The van der Waals surface area contributed by atoms with Crippen LogP contribution in [0.4, 0.5) is 5.82 Å². The highest BCUT2D eigenvalue weighted by molar-refractivity contribution is 6.35. The Hall–Kier alpha value is -2.34. The van der Waals surface area contributed by atoms with Crippen LogP contribution < -0.4 is 10.1 Å². The van der Waals surface area contributed by atoms with Gasteiger partial charge in [-0.1, -0.05) is 29.8 Å². The van der Waals surface area contributed by atoms with Gasteiger partial charge in [0.2, 0.25) is 0 Å². The topological polar surface area (TPSA) is 73.3 Å². The van der Waals surface area contributed by atoms with Crippen LogP contribution in [0.5, 0.6) is 5.75 Å². The first-order valence-electron chi connectivity index (χ1n) is 7.65. The van der Waals surface area contributed by atoms with Crippen molar-refractivity contribution in [3.63, 3.8) is 0 Å². The standard InChI is InChI=1S/C17H18ClN3O3/c1-23-12-6-4-3-5-11(12)9-19-16-13(18)14(17(22)24-2)20-15(21-16)10-7-8-10/h3-6,10H,7-9H2,1-2H3,(H,19,20,21). The first-order valence-corrected chi connectivity index (χ1v) is 8.03. The van der Waals surface area contributed by atoms with Crippen LogP contribution in [-0.4, -0.2) is 30.2 Å². The lowest BCUT2D eigenvalue weighted by atomic mass is 10.2. The molecule has 2 aromatic rings. The molecule has 0 spiro atoms. The van der Waals surface area contributed by atoms with Gasteiger partial charge in [0.15, 0.2) is 5.69 Å². The molecule has 0 bridgehead atoms. The molecule has 7 heteroatoms. The van der Waals surface area contributed by atoms with Gasteiger partial charge in [-0.15, -0.1) is 0 Å². The van der Waals surface area contributed by atoms with E-state index in [1.54, 1.807) is 7.11 Å². The minimum Gasteiger partial charge on any atom is -0.496 e. The zero-order valence-corrected chi connectivity index (χ0v) is 14.3. The van der Waals surface area contributed by atoms with Gasteiger partial charge in [0.1, 0.15) is 22.4 Å². The first-order chi connectivity index (χ1) is 11.6. The number of esters is 1. The van der Waals surface area contributed by atoms with Crippen LogP contribution in [-0.2, 0) is 11.3 Å². The molecule has 1 fully saturated rings. The number of para-hydroxylation sites is 1. The van der Waals surface area contributed by atoms with Crippen LogP contribution in [0.3, 0.4) is 0 Å². The molecule has 1 N–H and O–H groups in total. The van der Waals surface area contributed by atoms with Gasteiger partial charge < -0.3 is 14.8 Å². The van der Waals surface area contributed by atoms with Gasteiger partial charge in [-0.25, -0.2) is 14.8 Å². The van der Waals surface area contributed by atoms with Crippen LogP contribution in [0.2, 0.25) is 5.02 Å². The molecular formula is C17H18ClN3O3. The van der Waals surface area contributed by atoms with Crippen molar-refractivity contribution in [1.82, 2.24) is 9.97 Å². The predicted octanol–water partition coefficient (Wildman–Crippen LogP) is 3.41. The third kappa shape index (κ3) is 3.43. The summed E-state index contributed by atoms with van der Waals surface area (Å²) in [5.74, 6) is 1.55. The van der Waals surface area contributed by atoms with Crippen molar-refractivity contribution < 1.29 is 14.3 Å². The largest absolute Gasteiger partial charge is 0.496 e. The van der Waals surface area contributed by atoms with E-state index in [2.05, 4.69) is 15.3 Å². The van der Waals surface area contributed by atoms with Crippen LogP contribution >= 0.6 is 11.6 Å². The molecule has 1 heterocycles. The average molecular weight is 348 g/mol. The van der Waals surface area contributed by atoms with E-state index in [1.165, 1.54) is 7.11 Å². The summed E-state index contributed by atoms with van der Waals surface area (Å²) in [5.41, 5.74) is 1.06. The summed E-state index contributed by atoms with van der Waals surface area (Å²) in [5, 5.41) is 3.34. The number of carbonyl (C=O) groups excluding carboxylic acids is 1. The molecule has 126 valence electrons. The van der Waals surface area contributed by atoms with E-state index in [0.29, 0.717) is 18.2 Å². The van der Waals surface area contributed by atoms with Gasteiger partial charge in [-0.05, 0) is 18.9 Å². The Bertz CT molecular complexity index is 763. The van der Waals surface area contributed by atoms with Crippen LogP contribution in [0.1, 0.15) is 40.6 Å². The number of hydrogen-bond acceptors (Lipinski definition) is 6. The summed E-state index contributed by atoms with van der Waals surface area (Å²) in [6.45, 7) is 0.464. The maximum atomic E-state index is 11.9. The zero-order valence-electron chi connectivity index (χ0n) is 13.5. The van der Waals surface area contributed by atoms with Crippen molar-refractivity contribution >= 4 is 23.4 Å². The zero-order chi connectivity index (χ0) is 17.1. The molecule has 6 nitrogen and oxygen atoms in total. The number of nitrogens with zero attached hydrogens (tertiary/aromatic N) is 2. The highest BCUT2D eigenvalue weighted by Crippen LogP contribution is 2.39. The second kappa shape index (κ2) is 7.05. The first kappa shape index (κ1) is 16.5. The van der Waals surface area contributed by atoms with E-state index in [-0.39, 0.29) is 16.6 Å². The predicted molar refractivity (Wildman–Crippen MR) is 90.7 cm³/mol. The number of halogens is 1. The molecule has 1 aromatic heterocycles. The Balaban J connectivity index is 1.89. The van der Waals surface area contributed by atoms with Crippen molar-refractivity contribution in [3.8, 4) is 5.75 Å². The molecular weight excluding hydrogens is 330 g/mol. The number of carbonyl (C=O) groups is 1. The molecule has 1 aliphatic rings. The summed E-state index contributed by atoms with van der Waals surface area (Å²) in [4.78, 5) is 20.7. The Kier molecular flexibility index (Phi) is 4.85. The molecule has 0 aliphatic heterocycles. The average Bonchev–Trinajstić information content (AvgIpc) is 3.45. The lowest BCUT2D eigenvalue weighted by molar-refractivity contribution is 0.0593. The highest BCUT2D eigenvalue weighted by Gasteiger charge is 2.30. The third-order valence-corrected chi connectivity index (χ3v) is 4.19. The summed E-state index contributed by atoms with van der Waals surface area (Å²) < 4.78 is 10.1. The molecule has 0 radical (unpaired) electrons. The fourth-order valence-corrected chi connectivity index (χ4v) is 2.59. The van der Waals surface area contributed by atoms with Gasteiger partial charge >= 0.3 is 5.97 Å². The van der Waals surface area contributed by atoms with Crippen LogP contribution in [0.25, 0.3) is 0 Å². The number of nitrogens with one attached hydrogen (secondary N) is 1. The lowest BCUT2D eigenvalue weighted by Gasteiger charge is -2.13. The smallest absolute Gasteiger partial charge is 0.358 e. The van der Waals surface area contributed by atoms with Gasteiger partial charge in [0, 0.05) is 18.0 Å². The second-order valence-electron chi connectivity index (χ2n) is 5.52. The quantitative estimate of drug-likeness (QED) is 0.807. The lowest BCUT2D eigenvalue weighted by Crippen LogP contribution is -2.12. The Morgan fingerprint density at radius 1 is 1.29 bits per heavy atom. The Labute approximate surface area is 145 Å². The van der Waals surface area contributed by atoms with Crippen molar-refractivity contribution in [3.05, 3.63) is 46.4 Å². The van der Waals surface area contributed by atoms with Crippen LogP contribution in [0.15, 0.2) is 24.3 Å². The summed E-state index contributed by atoms with van der Waals surface area (Å²) in [7, 11) is 2.93. The van der Waals surface area contributed by atoms with Gasteiger partial charge in [0.05, 0.1) is 14.2 Å². The minimum atomic E-state index is -0.565. The molecule has 1 aromatic carbocycles. The number of benzene rings is 1. The molecule has 0 unspecified atom stereocenters. The Morgan fingerprint density at radius 3 is 2.71 bits per heavy atom. The minimum absolute atomic E-state index is 0.0959. The van der Waals surface area contributed by atoms with Crippen molar-refractivity contribution in [1.29, 1.82) is 0 Å². The number of methoxy groups -OCH3 is 2. The summed E-state index contributed by atoms with van der Waals surface area (Å²) in [6, 6.07) is 7.66. The summed E-state index contributed by atoms with van der Waals surface area (Å²) >= 11 is 6.30. The molecule has 0 atom stereocenters. The van der Waals surface area contributed by atoms with E-state index >= 15 is 0 Å². The van der Waals surface area contributed by atoms with Gasteiger partial charge in [-0.3, -0.25) is 0 Å². The second-order valence-corrected chi connectivity index (χ2v) is 5.90. The molecule has 1 saturated carbocycles. The fourth-order valence-electron chi connectivity index (χ4n) is 2.37. The SMILES string of the molecule is COC(=O)c1nc(C2CC2)nc(NCc2ccccc2OC)c1Cl. The number of anilines is 1.